The van der Waals surface area contributed by atoms with Crippen LogP contribution in [0.2, 0.25) is 0 Å². The van der Waals surface area contributed by atoms with E-state index in [4.69, 9.17) is 0 Å². The highest BCUT2D eigenvalue weighted by atomic mass is 79.9. The number of nitrogens with zero attached hydrogens (tertiary/aromatic N) is 3. The van der Waals surface area contributed by atoms with Gasteiger partial charge in [0.2, 0.25) is 5.95 Å². The van der Waals surface area contributed by atoms with Crippen molar-refractivity contribution in [2.24, 2.45) is 7.05 Å². The molecule has 2 rings (SSSR count). The summed E-state index contributed by atoms with van der Waals surface area (Å²) in [7, 11) is 6.07. The van der Waals surface area contributed by atoms with Crippen LogP contribution in [0.4, 0.5) is 5.95 Å². The van der Waals surface area contributed by atoms with Gasteiger partial charge >= 0.3 is 0 Å². The second-order valence-corrected chi connectivity index (χ2v) is 7.18. The monoisotopic (exact) mass is 342 g/mol. The van der Waals surface area contributed by atoms with Crippen LogP contribution < -0.4 is 10.2 Å². The van der Waals surface area contributed by atoms with E-state index in [1.165, 1.54) is 14.4 Å². The first-order valence-corrected chi connectivity index (χ1v) is 7.81. The van der Waals surface area contributed by atoms with Crippen molar-refractivity contribution in [3.63, 3.8) is 0 Å². The van der Waals surface area contributed by atoms with Crippen molar-refractivity contribution in [1.29, 1.82) is 0 Å². The van der Waals surface area contributed by atoms with E-state index in [-0.39, 0.29) is 0 Å². The van der Waals surface area contributed by atoms with Crippen LogP contribution in [0.1, 0.15) is 10.6 Å². The largest absolute Gasteiger partial charge is 0.348 e. The molecule has 2 heterocycles. The molecule has 0 radical (unpaired) electrons. The molecule has 104 valence electrons. The molecule has 0 atom stereocenters. The van der Waals surface area contributed by atoms with E-state index in [1.54, 1.807) is 11.3 Å². The summed E-state index contributed by atoms with van der Waals surface area (Å²) >= 11 is 5.28. The van der Waals surface area contributed by atoms with E-state index in [1.807, 2.05) is 25.2 Å². The molecule has 0 aliphatic rings. The molecule has 2 aromatic heterocycles. The molecule has 0 unspecified atom stereocenters. The van der Waals surface area contributed by atoms with Crippen LogP contribution >= 0.6 is 27.3 Å². The van der Waals surface area contributed by atoms with Crippen LogP contribution in [0.3, 0.4) is 0 Å². The van der Waals surface area contributed by atoms with E-state index >= 15 is 0 Å². The molecule has 19 heavy (non-hydrogen) atoms. The summed E-state index contributed by atoms with van der Waals surface area (Å²) in [6.45, 7) is 1.83. The number of imidazole rings is 1. The Morgan fingerprint density at radius 2 is 2.21 bits per heavy atom. The Hall–Kier alpha value is -0.850. The Balaban J connectivity index is 1.80. The molecule has 0 fully saturated rings. The van der Waals surface area contributed by atoms with Gasteiger partial charge in [-0.05, 0) is 34.5 Å². The second kappa shape index (κ2) is 6.54. The number of nitrogens with one attached hydrogen (secondary N) is 1. The molecule has 1 N–H and O–H groups in total. The van der Waals surface area contributed by atoms with Crippen LogP contribution in [0.15, 0.2) is 22.1 Å². The Morgan fingerprint density at radius 3 is 2.79 bits per heavy atom. The lowest BCUT2D eigenvalue weighted by atomic mass is 10.3. The Kier molecular flexibility index (Phi) is 5.01. The van der Waals surface area contributed by atoms with Gasteiger partial charge in [0.1, 0.15) is 0 Å². The van der Waals surface area contributed by atoms with E-state index in [0.717, 1.165) is 25.5 Å². The van der Waals surface area contributed by atoms with Gasteiger partial charge < -0.3 is 14.8 Å². The molecule has 0 saturated carbocycles. The minimum absolute atomic E-state index is 0.851. The zero-order chi connectivity index (χ0) is 13.8. The highest BCUT2D eigenvalue weighted by Crippen LogP contribution is 2.22. The molecule has 0 aliphatic carbocycles. The number of halogens is 1. The third-order valence-electron chi connectivity index (χ3n) is 2.94. The summed E-state index contributed by atoms with van der Waals surface area (Å²) in [6.07, 6.45) is 3.00. The predicted molar refractivity (Wildman–Crippen MR) is 85.0 cm³/mol. The first kappa shape index (κ1) is 14.6. The fraction of sp³-hybridized carbons (Fsp3) is 0.462. The molecule has 0 aliphatic heterocycles. The Bertz CT molecular complexity index is 532. The quantitative estimate of drug-likeness (QED) is 0.819. The van der Waals surface area contributed by atoms with Gasteiger partial charge in [-0.25, -0.2) is 4.98 Å². The van der Waals surface area contributed by atoms with Crippen LogP contribution in [0, 0.1) is 0 Å². The number of rotatable bonds is 6. The normalized spacial score (nSPS) is 10.9. The van der Waals surface area contributed by atoms with Crippen molar-refractivity contribution in [2.45, 2.75) is 13.0 Å². The van der Waals surface area contributed by atoms with Gasteiger partial charge in [0.25, 0.3) is 0 Å². The average Bonchev–Trinajstić information content (AvgIpc) is 2.92. The van der Waals surface area contributed by atoms with Crippen molar-refractivity contribution in [1.82, 2.24) is 14.9 Å². The lowest BCUT2D eigenvalue weighted by Crippen LogP contribution is -2.19. The van der Waals surface area contributed by atoms with E-state index in [2.05, 4.69) is 50.0 Å². The van der Waals surface area contributed by atoms with Gasteiger partial charge in [-0.15, -0.1) is 11.3 Å². The molecular weight excluding hydrogens is 324 g/mol. The predicted octanol–water partition coefficient (Wildman–Crippen LogP) is 2.64. The number of aromatic nitrogens is 2. The molecule has 4 nitrogen and oxygen atoms in total. The maximum absolute atomic E-state index is 4.40. The first-order chi connectivity index (χ1) is 9.08. The SMILES string of the molecule is CN(C)c1ncc(CNCCc2ccc(Br)s2)n1C. The van der Waals surface area contributed by atoms with E-state index in [9.17, 15) is 0 Å². The van der Waals surface area contributed by atoms with Crippen molar-refractivity contribution in [2.75, 3.05) is 25.5 Å². The minimum atomic E-state index is 0.851. The third-order valence-corrected chi connectivity index (χ3v) is 4.63. The minimum Gasteiger partial charge on any atom is -0.348 e. The number of hydrogen-bond donors (Lipinski definition) is 1. The third kappa shape index (κ3) is 3.81. The van der Waals surface area contributed by atoms with Crippen molar-refractivity contribution in [3.8, 4) is 0 Å². The molecule has 6 heteroatoms. The van der Waals surface area contributed by atoms with Gasteiger partial charge in [0, 0.05) is 39.1 Å². The highest BCUT2D eigenvalue weighted by molar-refractivity contribution is 9.11. The van der Waals surface area contributed by atoms with Crippen LogP contribution in [0.5, 0.6) is 0 Å². The van der Waals surface area contributed by atoms with E-state index < -0.39 is 0 Å². The van der Waals surface area contributed by atoms with Gasteiger partial charge in [0.15, 0.2) is 0 Å². The van der Waals surface area contributed by atoms with Gasteiger partial charge in [-0.3, -0.25) is 0 Å². The summed E-state index contributed by atoms with van der Waals surface area (Å²) in [5.74, 6) is 0.985. The fourth-order valence-corrected chi connectivity index (χ4v) is 3.41. The maximum atomic E-state index is 4.40. The van der Waals surface area contributed by atoms with Crippen molar-refractivity contribution in [3.05, 3.63) is 32.7 Å². The summed E-state index contributed by atoms with van der Waals surface area (Å²) in [5, 5.41) is 3.46. The molecule has 0 spiro atoms. The lowest BCUT2D eigenvalue weighted by molar-refractivity contribution is 0.654. The molecule has 0 aromatic carbocycles. The lowest BCUT2D eigenvalue weighted by Gasteiger charge is -2.12. The maximum Gasteiger partial charge on any atom is 0.204 e. The van der Waals surface area contributed by atoms with E-state index in [0.29, 0.717) is 0 Å². The highest BCUT2D eigenvalue weighted by Gasteiger charge is 2.07. The average molecular weight is 343 g/mol. The zero-order valence-electron chi connectivity index (χ0n) is 11.5. The fourth-order valence-electron chi connectivity index (χ4n) is 1.93. The van der Waals surface area contributed by atoms with Crippen LogP contribution in [-0.4, -0.2) is 30.2 Å². The van der Waals surface area contributed by atoms with Gasteiger partial charge in [-0.2, -0.15) is 0 Å². The smallest absolute Gasteiger partial charge is 0.204 e. The molecule has 0 saturated heterocycles. The second-order valence-electron chi connectivity index (χ2n) is 4.64. The van der Waals surface area contributed by atoms with Crippen LogP contribution in [-0.2, 0) is 20.0 Å². The summed E-state index contributed by atoms with van der Waals surface area (Å²) in [5.41, 5.74) is 1.20. The summed E-state index contributed by atoms with van der Waals surface area (Å²) in [4.78, 5) is 7.82. The van der Waals surface area contributed by atoms with Crippen molar-refractivity contribution >= 4 is 33.2 Å². The zero-order valence-corrected chi connectivity index (χ0v) is 13.9. The molecule has 0 bridgehead atoms. The molecular formula is C13H19BrN4S. The number of hydrogen-bond acceptors (Lipinski definition) is 4. The summed E-state index contributed by atoms with van der Waals surface area (Å²) in [6, 6.07) is 4.27. The van der Waals surface area contributed by atoms with Gasteiger partial charge in [0.05, 0.1) is 15.7 Å². The number of thiophene rings is 1. The number of anilines is 1. The molecule has 0 amide bonds. The standard InChI is InChI=1S/C13H19BrN4S/c1-17(2)13-16-9-10(18(13)3)8-15-7-6-11-4-5-12(14)19-11/h4-5,9,15H,6-8H2,1-3H3. The summed E-state index contributed by atoms with van der Waals surface area (Å²) < 4.78 is 3.32. The van der Waals surface area contributed by atoms with Gasteiger partial charge in [-0.1, -0.05) is 0 Å². The van der Waals surface area contributed by atoms with Crippen molar-refractivity contribution < 1.29 is 0 Å². The Morgan fingerprint density at radius 1 is 1.42 bits per heavy atom. The van der Waals surface area contributed by atoms with Crippen LogP contribution in [0.25, 0.3) is 0 Å². The molecule has 2 aromatic rings. The Labute approximate surface area is 126 Å². The topological polar surface area (TPSA) is 33.1 Å². The first-order valence-electron chi connectivity index (χ1n) is 6.21.